The molecule has 174 valence electrons. The van der Waals surface area contributed by atoms with Crippen LogP contribution in [0, 0.1) is 5.92 Å². The van der Waals surface area contributed by atoms with Crippen LogP contribution < -0.4 is 4.90 Å². The minimum atomic E-state index is -0.707. The van der Waals surface area contributed by atoms with Gasteiger partial charge in [0.2, 0.25) is 5.91 Å². The van der Waals surface area contributed by atoms with Crippen LogP contribution in [0.1, 0.15) is 32.6 Å². The van der Waals surface area contributed by atoms with E-state index in [2.05, 4.69) is 11.8 Å². The molecule has 3 aliphatic heterocycles. The van der Waals surface area contributed by atoms with Crippen LogP contribution in [0.4, 0.5) is 10.5 Å². The predicted molar refractivity (Wildman–Crippen MR) is 123 cm³/mol. The van der Waals surface area contributed by atoms with E-state index in [1.165, 1.54) is 0 Å². The molecule has 0 bridgehead atoms. The molecule has 8 nitrogen and oxygen atoms in total. The Balaban J connectivity index is 1.52. The summed E-state index contributed by atoms with van der Waals surface area (Å²) in [6.45, 7) is 5.35. The molecule has 0 N–H and O–H groups in total. The number of hydrogen-bond donors (Lipinski definition) is 0. The number of carbonyl (C=O) groups excluding carboxylic acids is 3. The summed E-state index contributed by atoms with van der Waals surface area (Å²) in [5.74, 6) is 0.701. The van der Waals surface area contributed by atoms with Crippen LogP contribution in [0.5, 0.6) is 0 Å². The summed E-state index contributed by atoms with van der Waals surface area (Å²) in [4.78, 5) is 48.3. The van der Waals surface area contributed by atoms with Crippen LogP contribution in [-0.2, 0) is 9.59 Å². The van der Waals surface area contributed by atoms with Crippen LogP contribution in [0.2, 0.25) is 0 Å². The molecular weight excluding hydrogens is 406 g/mol. The van der Waals surface area contributed by atoms with Crippen molar-refractivity contribution in [2.24, 2.45) is 5.92 Å². The number of urea groups is 1. The van der Waals surface area contributed by atoms with Crippen molar-refractivity contribution in [2.45, 2.75) is 38.1 Å². The van der Waals surface area contributed by atoms with Crippen molar-refractivity contribution in [3.8, 4) is 0 Å². The first-order valence-electron chi connectivity index (χ1n) is 11.7. The maximum atomic E-state index is 13.7. The van der Waals surface area contributed by atoms with Gasteiger partial charge >= 0.3 is 6.03 Å². The first-order valence-corrected chi connectivity index (χ1v) is 11.7. The van der Waals surface area contributed by atoms with Crippen LogP contribution in [0.15, 0.2) is 30.3 Å². The summed E-state index contributed by atoms with van der Waals surface area (Å²) >= 11 is 0. The van der Waals surface area contributed by atoms with E-state index in [4.69, 9.17) is 0 Å². The second-order valence-electron chi connectivity index (χ2n) is 9.67. The molecule has 4 amide bonds. The Morgan fingerprint density at radius 3 is 2.22 bits per heavy atom. The van der Waals surface area contributed by atoms with Gasteiger partial charge in [0.05, 0.1) is 6.67 Å². The fourth-order valence-electron chi connectivity index (χ4n) is 5.19. The summed E-state index contributed by atoms with van der Waals surface area (Å²) in [5, 5.41) is 0. The standard InChI is InChI=1S/C24H35N5O3/c1-19-9-13-26(14-10-19)21(30)17-28-18-29(20-7-5-4-6-8-20)24(22(28)31)11-15-27(16-12-24)23(32)25(2)3/h4-8,19H,9-18H2,1-3H3. The van der Waals surface area contributed by atoms with Gasteiger partial charge < -0.3 is 24.5 Å². The molecule has 3 heterocycles. The molecule has 8 heteroatoms. The lowest BCUT2D eigenvalue weighted by atomic mass is 9.85. The lowest BCUT2D eigenvalue weighted by Crippen LogP contribution is -2.58. The monoisotopic (exact) mass is 441 g/mol. The number of likely N-dealkylation sites (tertiary alicyclic amines) is 2. The van der Waals surface area contributed by atoms with Crippen molar-refractivity contribution in [1.29, 1.82) is 0 Å². The molecule has 0 aliphatic carbocycles. The van der Waals surface area contributed by atoms with E-state index in [0.717, 1.165) is 31.6 Å². The van der Waals surface area contributed by atoms with Crippen molar-refractivity contribution in [2.75, 3.05) is 58.4 Å². The van der Waals surface area contributed by atoms with Crippen LogP contribution >= 0.6 is 0 Å². The molecule has 0 aromatic heterocycles. The normalized spacial score (nSPS) is 21.4. The SMILES string of the molecule is CC1CCN(C(=O)CN2CN(c3ccccc3)C3(CCN(C(=O)N(C)C)CC3)C2=O)CC1. The van der Waals surface area contributed by atoms with E-state index in [-0.39, 0.29) is 24.4 Å². The molecule has 3 fully saturated rings. The number of carbonyl (C=O) groups is 3. The summed E-state index contributed by atoms with van der Waals surface area (Å²) < 4.78 is 0. The highest BCUT2D eigenvalue weighted by Crippen LogP contribution is 2.39. The fourth-order valence-corrected chi connectivity index (χ4v) is 5.19. The number of para-hydroxylation sites is 1. The van der Waals surface area contributed by atoms with E-state index in [9.17, 15) is 14.4 Å². The third kappa shape index (κ3) is 4.14. The molecule has 3 aliphatic rings. The molecule has 1 spiro atoms. The second kappa shape index (κ2) is 9.00. The van der Waals surface area contributed by atoms with Gasteiger partial charge in [0.15, 0.2) is 0 Å². The Morgan fingerprint density at radius 2 is 1.62 bits per heavy atom. The van der Waals surface area contributed by atoms with Crippen molar-refractivity contribution < 1.29 is 14.4 Å². The zero-order valence-electron chi connectivity index (χ0n) is 19.5. The third-order valence-electron chi connectivity index (χ3n) is 7.29. The highest BCUT2D eigenvalue weighted by molar-refractivity contribution is 5.96. The molecule has 32 heavy (non-hydrogen) atoms. The lowest BCUT2D eigenvalue weighted by Gasteiger charge is -2.43. The minimum absolute atomic E-state index is 0.0111. The Bertz CT molecular complexity index is 842. The number of hydrogen-bond acceptors (Lipinski definition) is 4. The van der Waals surface area contributed by atoms with E-state index < -0.39 is 5.54 Å². The van der Waals surface area contributed by atoms with Crippen molar-refractivity contribution in [3.05, 3.63) is 30.3 Å². The summed E-state index contributed by atoms with van der Waals surface area (Å²) in [5.41, 5.74) is 0.274. The molecule has 0 atom stereocenters. The number of piperidine rings is 2. The molecule has 0 unspecified atom stereocenters. The van der Waals surface area contributed by atoms with Crippen molar-refractivity contribution in [1.82, 2.24) is 19.6 Å². The first-order chi connectivity index (χ1) is 15.3. The zero-order chi connectivity index (χ0) is 22.9. The fraction of sp³-hybridized carbons (Fsp3) is 0.625. The number of benzene rings is 1. The predicted octanol–water partition coefficient (Wildman–Crippen LogP) is 2.07. The Labute approximate surface area is 190 Å². The Kier molecular flexibility index (Phi) is 6.31. The summed E-state index contributed by atoms with van der Waals surface area (Å²) in [7, 11) is 3.50. The Morgan fingerprint density at radius 1 is 1.00 bits per heavy atom. The van der Waals surface area contributed by atoms with Crippen LogP contribution in [0.3, 0.4) is 0 Å². The number of nitrogens with zero attached hydrogens (tertiary/aromatic N) is 5. The van der Waals surface area contributed by atoms with Gasteiger partial charge in [0, 0.05) is 46.0 Å². The van der Waals surface area contributed by atoms with Gasteiger partial charge in [0.1, 0.15) is 12.1 Å². The number of anilines is 1. The van der Waals surface area contributed by atoms with E-state index in [0.29, 0.717) is 38.5 Å². The highest BCUT2D eigenvalue weighted by Gasteiger charge is 2.54. The average Bonchev–Trinajstić information content (AvgIpc) is 3.06. The van der Waals surface area contributed by atoms with E-state index >= 15 is 0 Å². The molecule has 0 saturated carbocycles. The van der Waals surface area contributed by atoms with Gasteiger partial charge in [-0.15, -0.1) is 0 Å². The quantitative estimate of drug-likeness (QED) is 0.720. The van der Waals surface area contributed by atoms with Crippen LogP contribution in [0.25, 0.3) is 0 Å². The van der Waals surface area contributed by atoms with Gasteiger partial charge in [-0.2, -0.15) is 0 Å². The zero-order valence-corrected chi connectivity index (χ0v) is 19.5. The lowest BCUT2D eigenvalue weighted by molar-refractivity contribution is -0.141. The summed E-state index contributed by atoms with van der Waals surface area (Å²) in [6, 6.07) is 9.92. The molecular formula is C24H35N5O3. The summed E-state index contributed by atoms with van der Waals surface area (Å²) in [6.07, 6.45) is 3.17. The molecule has 3 saturated heterocycles. The van der Waals surface area contributed by atoms with Gasteiger partial charge in [0.25, 0.3) is 5.91 Å². The van der Waals surface area contributed by atoms with E-state index in [1.807, 2.05) is 40.1 Å². The molecule has 1 aromatic rings. The smallest absolute Gasteiger partial charge is 0.319 e. The van der Waals surface area contributed by atoms with Gasteiger partial charge in [-0.05, 0) is 43.7 Å². The molecule has 1 aromatic carbocycles. The largest absolute Gasteiger partial charge is 0.341 e. The van der Waals surface area contributed by atoms with Gasteiger partial charge in [-0.3, -0.25) is 9.59 Å². The number of amides is 4. The number of rotatable bonds is 3. The molecule has 4 rings (SSSR count). The highest BCUT2D eigenvalue weighted by atomic mass is 16.2. The minimum Gasteiger partial charge on any atom is -0.341 e. The van der Waals surface area contributed by atoms with Crippen LogP contribution in [-0.4, -0.2) is 96.5 Å². The average molecular weight is 442 g/mol. The topological polar surface area (TPSA) is 67.4 Å². The van der Waals surface area contributed by atoms with E-state index in [1.54, 1.807) is 23.9 Å². The molecule has 0 radical (unpaired) electrons. The second-order valence-corrected chi connectivity index (χ2v) is 9.67. The van der Waals surface area contributed by atoms with Crippen molar-refractivity contribution >= 4 is 23.5 Å². The van der Waals surface area contributed by atoms with Gasteiger partial charge in [-0.1, -0.05) is 25.1 Å². The Hall–Kier alpha value is -2.77. The van der Waals surface area contributed by atoms with Crippen molar-refractivity contribution in [3.63, 3.8) is 0 Å². The maximum Gasteiger partial charge on any atom is 0.319 e. The van der Waals surface area contributed by atoms with Gasteiger partial charge in [-0.25, -0.2) is 4.79 Å². The maximum absolute atomic E-state index is 13.7. The first kappa shape index (κ1) is 22.4. The third-order valence-corrected chi connectivity index (χ3v) is 7.29.